The summed E-state index contributed by atoms with van der Waals surface area (Å²) in [6.45, 7) is 2.20. The number of nitrogens with zero attached hydrogens (tertiary/aromatic N) is 2. The lowest BCUT2D eigenvalue weighted by Gasteiger charge is -2.26. The van der Waals surface area contributed by atoms with Gasteiger partial charge in [0.15, 0.2) is 0 Å². The molecule has 0 aliphatic carbocycles. The van der Waals surface area contributed by atoms with Gasteiger partial charge in [-0.05, 0) is 19.1 Å². The van der Waals surface area contributed by atoms with E-state index in [2.05, 4.69) is 10.4 Å². The van der Waals surface area contributed by atoms with Gasteiger partial charge in [-0.15, -0.1) is 0 Å². The fraction of sp³-hybridized carbons (Fsp3) is 0.545. The van der Waals surface area contributed by atoms with E-state index < -0.39 is 11.7 Å². The topological polar surface area (TPSA) is 63.4 Å². The van der Waals surface area contributed by atoms with Gasteiger partial charge in [-0.1, -0.05) is 0 Å². The molecule has 3 N–H and O–H groups in total. The quantitative estimate of drug-likeness (QED) is 0.636. The molecule has 0 amide bonds. The highest BCUT2D eigenvalue weighted by Gasteiger charge is 2.32. The Morgan fingerprint density at radius 3 is 2.58 bits per heavy atom. The highest BCUT2D eigenvalue weighted by atomic mass is 19.4. The largest absolute Gasteiger partial charge is 0.416 e. The smallest absolute Gasteiger partial charge is 0.383 e. The second-order valence-electron chi connectivity index (χ2n) is 4.16. The summed E-state index contributed by atoms with van der Waals surface area (Å²) in [5.41, 5.74) is 1.33. The second-order valence-corrected chi connectivity index (χ2v) is 4.16. The van der Waals surface area contributed by atoms with E-state index in [4.69, 9.17) is 10.6 Å². The van der Waals surface area contributed by atoms with Crippen molar-refractivity contribution in [2.45, 2.75) is 19.1 Å². The Balaban J connectivity index is 3.13. The molecule has 1 rings (SSSR count). The van der Waals surface area contributed by atoms with Gasteiger partial charge < -0.3 is 15.1 Å². The van der Waals surface area contributed by atoms with Crippen LogP contribution in [0.1, 0.15) is 12.5 Å². The Morgan fingerprint density at radius 1 is 1.47 bits per heavy atom. The van der Waals surface area contributed by atoms with Crippen molar-refractivity contribution in [2.75, 3.05) is 31.1 Å². The maximum Gasteiger partial charge on any atom is 0.416 e. The predicted octanol–water partition coefficient (Wildman–Crippen LogP) is 1.86. The minimum atomic E-state index is -4.45. The molecule has 0 spiro atoms. The van der Waals surface area contributed by atoms with Crippen LogP contribution in [0.5, 0.6) is 0 Å². The lowest BCUT2D eigenvalue weighted by molar-refractivity contribution is -0.137. The minimum Gasteiger partial charge on any atom is -0.383 e. The van der Waals surface area contributed by atoms with Crippen molar-refractivity contribution >= 4 is 11.6 Å². The Kier molecular flexibility index (Phi) is 4.96. The van der Waals surface area contributed by atoms with Crippen molar-refractivity contribution in [1.29, 1.82) is 0 Å². The molecule has 1 unspecified atom stereocenters. The normalized spacial score (nSPS) is 13.2. The summed E-state index contributed by atoms with van der Waals surface area (Å²) < 4.78 is 43.2. The number of nitrogen functional groups attached to an aromatic ring is 1. The number of likely N-dealkylation sites (N-methyl/N-ethyl adjacent to an activating group) is 1. The second kappa shape index (κ2) is 6.07. The molecular weight excluding hydrogens is 261 g/mol. The van der Waals surface area contributed by atoms with E-state index in [1.165, 1.54) is 7.11 Å². The first-order valence-corrected chi connectivity index (χ1v) is 5.57. The number of ether oxygens (including phenoxy) is 1. The number of aromatic nitrogens is 1. The minimum absolute atomic E-state index is 0.0405. The highest BCUT2D eigenvalue weighted by Crippen LogP contribution is 2.32. The highest BCUT2D eigenvalue weighted by molar-refractivity contribution is 5.51. The maximum absolute atomic E-state index is 12.8. The number of pyridine rings is 1. The molecule has 0 aromatic carbocycles. The van der Waals surface area contributed by atoms with Crippen LogP contribution in [0.4, 0.5) is 24.8 Å². The zero-order chi connectivity index (χ0) is 14.6. The van der Waals surface area contributed by atoms with E-state index in [1.54, 1.807) is 11.9 Å². The standard InChI is InChI=1S/C11H17F3N4O/c1-7(6-19-3)18(2)10-5-8(11(12,13)14)4-9(16-10)17-15/h4-5,7H,6,15H2,1-3H3,(H,16,17). The number of halogens is 3. The fourth-order valence-corrected chi connectivity index (χ4v) is 1.51. The zero-order valence-electron chi connectivity index (χ0n) is 11.0. The van der Waals surface area contributed by atoms with E-state index in [0.717, 1.165) is 12.1 Å². The number of rotatable bonds is 5. The molecule has 1 aromatic heterocycles. The van der Waals surface area contributed by atoms with E-state index >= 15 is 0 Å². The summed E-state index contributed by atoms with van der Waals surface area (Å²) >= 11 is 0. The molecule has 0 radical (unpaired) electrons. The molecule has 0 aliphatic heterocycles. The van der Waals surface area contributed by atoms with Gasteiger partial charge in [0.05, 0.1) is 18.2 Å². The van der Waals surface area contributed by atoms with E-state index in [9.17, 15) is 13.2 Å². The molecule has 8 heteroatoms. The molecule has 19 heavy (non-hydrogen) atoms. The first-order chi connectivity index (χ1) is 8.79. The summed E-state index contributed by atoms with van der Waals surface area (Å²) in [7, 11) is 3.17. The molecular formula is C11H17F3N4O. The molecule has 0 bridgehead atoms. The predicted molar refractivity (Wildman–Crippen MR) is 66.8 cm³/mol. The van der Waals surface area contributed by atoms with Gasteiger partial charge in [0.2, 0.25) is 0 Å². The lowest BCUT2D eigenvalue weighted by atomic mass is 10.2. The Labute approximate surface area is 109 Å². The van der Waals surface area contributed by atoms with Crippen LogP contribution >= 0.6 is 0 Å². The zero-order valence-corrected chi connectivity index (χ0v) is 11.0. The number of nitrogens with two attached hydrogens (primary N) is 1. The van der Waals surface area contributed by atoms with Gasteiger partial charge in [-0.25, -0.2) is 10.8 Å². The van der Waals surface area contributed by atoms with Crippen molar-refractivity contribution in [2.24, 2.45) is 5.84 Å². The number of alkyl halides is 3. The van der Waals surface area contributed by atoms with Crippen LogP contribution in [0.25, 0.3) is 0 Å². The lowest BCUT2D eigenvalue weighted by Crippen LogP contribution is -2.33. The van der Waals surface area contributed by atoms with Gasteiger partial charge in [0.25, 0.3) is 0 Å². The average molecular weight is 278 g/mol. The van der Waals surface area contributed by atoms with Crippen LogP contribution in [-0.2, 0) is 10.9 Å². The number of methoxy groups -OCH3 is 1. The van der Waals surface area contributed by atoms with Crippen LogP contribution in [-0.4, -0.2) is 31.8 Å². The van der Waals surface area contributed by atoms with E-state index in [1.807, 2.05) is 6.92 Å². The van der Waals surface area contributed by atoms with Gasteiger partial charge in [0.1, 0.15) is 11.6 Å². The summed E-state index contributed by atoms with van der Waals surface area (Å²) in [5, 5.41) is 0. The summed E-state index contributed by atoms with van der Waals surface area (Å²) in [6.07, 6.45) is -4.45. The number of hydrogen-bond donors (Lipinski definition) is 2. The molecule has 1 aromatic rings. The Hall–Kier alpha value is -1.54. The van der Waals surface area contributed by atoms with Crippen molar-refractivity contribution < 1.29 is 17.9 Å². The first-order valence-electron chi connectivity index (χ1n) is 5.57. The van der Waals surface area contributed by atoms with E-state index in [0.29, 0.717) is 6.61 Å². The van der Waals surface area contributed by atoms with Gasteiger partial charge in [-0.3, -0.25) is 0 Å². The Morgan fingerprint density at radius 2 is 2.11 bits per heavy atom. The fourth-order valence-electron chi connectivity index (χ4n) is 1.51. The first kappa shape index (κ1) is 15.5. The van der Waals surface area contributed by atoms with Crippen molar-refractivity contribution in [3.63, 3.8) is 0 Å². The van der Waals surface area contributed by atoms with Crippen LogP contribution in [0.3, 0.4) is 0 Å². The molecule has 0 aliphatic rings. The van der Waals surface area contributed by atoms with Crippen molar-refractivity contribution in [3.8, 4) is 0 Å². The van der Waals surface area contributed by atoms with Crippen LogP contribution < -0.4 is 16.2 Å². The number of nitrogens with one attached hydrogen (secondary N) is 1. The van der Waals surface area contributed by atoms with Gasteiger partial charge >= 0.3 is 6.18 Å². The molecule has 1 atom stereocenters. The summed E-state index contributed by atoms with van der Waals surface area (Å²) in [6, 6.07) is 1.72. The average Bonchev–Trinajstić information content (AvgIpc) is 2.36. The maximum atomic E-state index is 12.8. The molecule has 5 nitrogen and oxygen atoms in total. The summed E-state index contributed by atoms with van der Waals surface area (Å²) in [4.78, 5) is 5.60. The monoisotopic (exact) mass is 278 g/mol. The third kappa shape index (κ3) is 3.97. The van der Waals surface area contributed by atoms with Crippen molar-refractivity contribution in [1.82, 2.24) is 4.98 Å². The van der Waals surface area contributed by atoms with Crippen LogP contribution in [0.2, 0.25) is 0 Å². The van der Waals surface area contributed by atoms with Crippen LogP contribution in [0.15, 0.2) is 12.1 Å². The van der Waals surface area contributed by atoms with Crippen LogP contribution in [0, 0.1) is 0 Å². The third-order valence-corrected chi connectivity index (χ3v) is 2.72. The van der Waals surface area contributed by atoms with Gasteiger partial charge in [0, 0.05) is 14.2 Å². The molecule has 0 saturated heterocycles. The molecule has 1 heterocycles. The molecule has 108 valence electrons. The van der Waals surface area contributed by atoms with Crippen molar-refractivity contribution in [3.05, 3.63) is 17.7 Å². The Bertz CT molecular complexity index is 425. The third-order valence-electron chi connectivity index (χ3n) is 2.72. The summed E-state index contributed by atoms with van der Waals surface area (Å²) in [5.74, 6) is 5.28. The molecule has 0 fully saturated rings. The number of hydrogen-bond acceptors (Lipinski definition) is 5. The SMILES string of the molecule is COCC(C)N(C)c1cc(C(F)(F)F)cc(NN)n1. The molecule has 0 saturated carbocycles. The number of anilines is 2. The van der Waals surface area contributed by atoms with Gasteiger partial charge in [-0.2, -0.15) is 13.2 Å². The number of hydrazine groups is 1. The van der Waals surface area contributed by atoms with E-state index in [-0.39, 0.29) is 17.7 Å².